The van der Waals surface area contributed by atoms with Crippen LogP contribution >= 0.6 is 0 Å². The van der Waals surface area contributed by atoms with Crippen LogP contribution in [-0.4, -0.2) is 32.0 Å². The van der Waals surface area contributed by atoms with Crippen LogP contribution in [0.4, 0.5) is 0 Å². The van der Waals surface area contributed by atoms with Crippen LogP contribution in [0.25, 0.3) is 0 Å². The minimum atomic E-state index is 0.186. The minimum absolute atomic E-state index is 0.186. The van der Waals surface area contributed by atoms with Gasteiger partial charge in [-0.05, 0) is 38.0 Å². The van der Waals surface area contributed by atoms with Crippen molar-refractivity contribution in [3.63, 3.8) is 0 Å². The Morgan fingerprint density at radius 1 is 1.35 bits per heavy atom. The summed E-state index contributed by atoms with van der Waals surface area (Å²) in [4.78, 5) is 0. The minimum Gasteiger partial charge on any atom is -0.385 e. The highest BCUT2D eigenvalue weighted by atomic mass is 16.5. The fraction of sp³-hybridized carbons (Fsp3) is 1.00. The fourth-order valence-electron chi connectivity index (χ4n) is 3.47. The zero-order valence-electron chi connectivity index (χ0n) is 11.1. The van der Waals surface area contributed by atoms with Gasteiger partial charge in [-0.3, -0.25) is 0 Å². The molecule has 2 fully saturated rings. The molecule has 0 amide bonds. The third-order valence-electron chi connectivity index (χ3n) is 4.56. The Morgan fingerprint density at radius 2 is 2.12 bits per heavy atom. The Hall–Kier alpha value is -0.120. The van der Waals surface area contributed by atoms with Gasteiger partial charge in [0.25, 0.3) is 0 Å². The van der Waals surface area contributed by atoms with Crippen LogP contribution in [0.3, 0.4) is 0 Å². The first-order valence-electron chi connectivity index (χ1n) is 7.14. The summed E-state index contributed by atoms with van der Waals surface area (Å²) >= 11 is 0. The van der Waals surface area contributed by atoms with Crippen molar-refractivity contribution < 1.29 is 9.47 Å². The average Bonchev–Trinajstić information content (AvgIpc) is 2.37. The number of ether oxygens (including phenoxy) is 2. The fourth-order valence-corrected chi connectivity index (χ4v) is 3.47. The Labute approximate surface area is 105 Å². The molecule has 2 N–H and O–H groups in total. The molecule has 0 aromatic heterocycles. The first kappa shape index (κ1) is 13.3. The van der Waals surface area contributed by atoms with E-state index in [4.69, 9.17) is 15.2 Å². The van der Waals surface area contributed by atoms with E-state index in [1.165, 1.54) is 38.5 Å². The highest BCUT2D eigenvalue weighted by Crippen LogP contribution is 2.41. The first-order chi connectivity index (χ1) is 8.26. The summed E-state index contributed by atoms with van der Waals surface area (Å²) in [5, 5.41) is 0. The summed E-state index contributed by atoms with van der Waals surface area (Å²) in [5.41, 5.74) is 6.48. The Morgan fingerprint density at radius 3 is 2.82 bits per heavy atom. The molecule has 2 atom stereocenters. The van der Waals surface area contributed by atoms with Crippen molar-refractivity contribution in [3.05, 3.63) is 0 Å². The molecule has 2 rings (SSSR count). The topological polar surface area (TPSA) is 44.5 Å². The van der Waals surface area contributed by atoms with Gasteiger partial charge in [-0.15, -0.1) is 0 Å². The molecule has 0 aromatic rings. The molecule has 1 saturated heterocycles. The van der Waals surface area contributed by atoms with Crippen LogP contribution < -0.4 is 5.73 Å². The lowest BCUT2D eigenvalue weighted by Crippen LogP contribution is -2.46. The Kier molecular flexibility index (Phi) is 4.83. The van der Waals surface area contributed by atoms with Gasteiger partial charge in [0.05, 0.1) is 5.60 Å². The summed E-state index contributed by atoms with van der Waals surface area (Å²) in [6.07, 6.45) is 9.84. The SMILES string of the molecule is COCCC(N)C1CCOC2(CCCCC2)C1. The summed E-state index contributed by atoms with van der Waals surface area (Å²) in [5.74, 6) is 0.636. The van der Waals surface area contributed by atoms with Crippen molar-refractivity contribution in [2.45, 2.75) is 63.0 Å². The number of methoxy groups -OCH3 is 1. The van der Waals surface area contributed by atoms with Crippen LogP contribution in [0.2, 0.25) is 0 Å². The second-order valence-corrected chi connectivity index (χ2v) is 5.79. The zero-order valence-corrected chi connectivity index (χ0v) is 11.1. The molecule has 2 unspecified atom stereocenters. The molecule has 1 aliphatic carbocycles. The van der Waals surface area contributed by atoms with Crippen molar-refractivity contribution in [1.82, 2.24) is 0 Å². The van der Waals surface area contributed by atoms with Gasteiger partial charge in [-0.2, -0.15) is 0 Å². The van der Waals surface area contributed by atoms with Crippen LogP contribution in [0.15, 0.2) is 0 Å². The summed E-state index contributed by atoms with van der Waals surface area (Å²) in [6, 6.07) is 0.289. The van der Waals surface area contributed by atoms with E-state index in [0.717, 1.165) is 26.1 Å². The number of nitrogens with two attached hydrogens (primary N) is 1. The van der Waals surface area contributed by atoms with E-state index < -0.39 is 0 Å². The van der Waals surface area contributed by atoms with Crippen molar-refractivity contribution in [1.29, 1.82) is 0 Å². The normalized spacial score (nSPS) is 30.4. The molecular weight excluding hydrogens is 214 g/mol. The maximum atomic E-state index is 6.29. The standard InChI is InChI=1S/C14H27NO2/c1-16-9-6-13(15)12-5-10-17-14(11-12)7-3-2-4-8-14/h12-13H,2-11,15H2,1H3. The number of rotatable bonds is 4. The van der Waals surface area contributed by atoms with Gasteiger partial charge in [-0.1, -0.05) is 19.3 Å². The molecule has 0 bridgehead atoms. The molecule has 1 spiro atoms. The molecule has 100 valence electrons. The number of hydrogen-bond acceptors (Lipinski definition) is 3. The lowest BCUT2D eigenvalue weighted by molar-refractivity contribution is -0.121. The van der Waals surface area contributed by atoms with Gasteiger partial charge >= 0.3 is 0 Å². The predicted octanol–water partition coefficient (Wildman–Crippen LogP) is 2.48. The molecule has 1 heterocycles. The molecule has 1 saturated carbocycles. The molecule has 2 aliphatic rings. The van der Waals surface area contributed by atoms with E-state index in [1.54, 1.807) is 7.11 Å². The molecule has 3 heteroatoms. The van der Waals surface area contributed by atoms with Crippen LogP contribution in [0.1, 0.15) is 51.4 Å². The molecule has 0 radical (unpaired) electrons. The van der Waals surface area contributed by atoms with Gasteiger partial charge in [0, 0.05) is 26.4 Å². The molecule has 3 nitrogen and oxygen atoms in total. The van der Waals surface area contributed by atoms with Crippen LogP contribution in [-0.2, 0) is 9.47 Å². The highest BCUT2D eigenvalue weighted by Gasteiger charge is 2.39. The van der Waals surface area contributed by atoms with Gasteiger partial charge < -0.3 is 15.2 Å². The van der Waals surface area contributed by atoms with Gasteiger partial charge in [0.2, 0.25) is 0 Å². The molecular formula is C14H27NO2. The quantitative estimate of drug-likeness (QED) is 0.822. The number of hydrogen-bond donors (Lipinski definition) is 1. The summed E-state index contributed by atoms with van der Waals surface area (Å²) in [7, 11) is 1.75. The van der Waals surface area contributed by atoms with Gasteiger partial charge in [-0.25, -0.2) is 0 Å². The van der Waals surface area contributed by atoms with E-state index in [-0.39, 0.29) is 11.6 Å². The first-order valence-corrected chi connectivity index (χ1v) is 7.14. The average molecular weight is 241 g/mol. The van der Waals surface area contributed by atoms with E-state index in [1.807, 2.05) is 0 Å². The predicted molar refractivity (Wildman–Crippen MR) is 69.0 cm³/mol. The molecule has 0 aromatic carbocycles. The molecule has 17 heavy (non-hydrogen) atoms. The summed E-state index contributed by atoms with van der Waals surface area (Å²) < 4.78 is 11.2. The maximum Gasteiger partial charge on any atom is 0.0685 e. The van der Waals surface area contributed by atoms with E-state index in [2.05, 4.69) is 0 Å². The van der Waals surface area contributed by atoms with Gasteiger partial charge in [0.15, 0.2) is 0 Å². The van der Waals surface area contributed by atoms with Crippen molar-refractivity contribution >= 4 is 0 Å². The second kappa shape index (κ2) is 6.17. The molecule has 1 aliphatic heterocycles. The highest BCUT2D eigenvalue weighted by molar-refractivity contribution is 4.92. The van der Waals surface area contributed by atoms with Crippen molar-refractivity contribution in [2.75, 3.05) is 20.3 Å². The van der Waals surface area contributed by atoms with E-state index in [9.17, 15) is 0 Å². The smallest absolute Gasteiger partial charge is 0.0685 e. The lowest BCUT2D eigenvalue weighted by atomic mass is 9.74. The Balaban J connectivity index is 1.87. The third-order valence-corrected chi connectivity index (χ3v) is 4.56. The second-order valence-electron chi connectivity index (χ2n) is 5.79. The zero-order chi connectivity index (χ0) is 12.1. The largest absolute Gasteiger partial charge is 0.385 e. The van der Waals surface area contributed by atoms with E-state index >= 15 is 0 Å². The van der Waals surface area contributed by atoms with Crippen LogP contribution in [0, 0.1) is 5.92 Å². The third kappa shape index (κ3) is 3.43. The van der Waals surface area contributed by atoms with Crippen molar-refractivity contribution in [2.24, 2.45) is 11.7 Å². The summed E-state index contributed by atoms with van der Waals surface area (Å²) in [6.45, 7) is 1.69. The lowest BCUT2D eigenvalue weighted by Gasteiger charge is -2.45. The van der Waals surface area contributed by atoms with E-state index in [0.29, 0.717) is 5.92 Å². The monoisotopic (exact) mass is 241 g/mol. The van der Waals surface area contributed by atoms with Gasteiger partial charge in [0.1, 0.15) is 0 Å². The maximum absolute atomic E-state index is 6.29. The Bertz CT molecular complexity index is 221. The van der Waals surface area contributed by atoms with Crippen LogP contribution in [0.5, 0.6) is 0 Å². The van der Waals surface area contributed by atoms with Crippen molar-refractivity contribution in [3.8, 4) is 0 Å².